The Balaban J connectivity index is 2.19. The Bertz CT molecular complexity index is 963. The molecule has 0 atom stereocenters. The average molecular weight is 483 g/mol. The van der Waals surface area contributed by atoms with Crippen LogP contribution in [0, 0.1) is 0 Å². The number of hydrogen-bond donors (Lipinski definition) is 1. The highest BCUT2D eigenvalue weighted by atomic mass is 79.9. The Morgan fingerprint density at radius 1 is 1.35 bits per heavy atom. The van der Waals surface area contributed by atoms with Crippen LogP contribution in [0.5, 0.6) is 0 Å². The minimum absolute atomic E-state index is 0.154. The van der Waals surface area contributed by atoms with E-state index in [0.717, 1.165) is 15.4 Å². The molecular weight excluding hydrogens is 470 g/mol. The molecule has 0 unspecified atom stereocenters. The Kier molecular flexibility index (Phi) is 5.18. The number of rotatable bonds is 2. The lowest BCUT2D eigenvalue weighted by atomic mass is 10.1. The molecule has 0 saturated carbocycles. The van der Waals surface area contributed by atoms with Gasteiger partial charge < -0.3 is 15.2 Å². The summed E-state index contributed by atoms with van der Waals surface area (Å²) in [6, 6.07) is 5.33. The Labute approximate surface area is 171 Å². The largest absolute Gasteiger partial charge is 0.466 e. The molecule has 0 bridgehead atoms. The summed E-state index contributed by atoms with van der Waals surface area (Å²) in [5, 5.41) is 0.746. The van der Waals surface area contributed by atoms with E-state index < -0.39 is 22.5 Å². The van der Waals surface area contributed by atoms with Gasteiger partial charge in [-0.3, -0.25) is 0 Å². The van der Waals surface area contributed by atoms with Crippen LogP contribution in [0.1, 0.15) is 11.3 Å². The van der Waals surface area contributed by atoms with E-state index in [1.54, 1.807) is 12.1 Å². The third-order valence-corrected chi connectivity index (χ3v) is 4.94. The van der Waals surface area contributed by atoms with Crippen LogP contribution in [0.2, 0.25) is 0 Å². The van der Waals surface area contributed by atoms with Crippen LogP contribution in [0.4, 0.5) is 4.79 Å². The van der Waals surface area contributed by atoms with Gasteiger partial charge in [-0.2, -0.15) is 0 Å². The lowest BCUT2D eigenvalue weighted by Crippen LogP contribution is -2.23. The molecular formula is C16H12BrCl3N2O4. The summed E-state index contributed by atoms with van der Waals surface area (Å²) in [5.41, 5.74) is 8.24. The summed E-state index contributed by atoms with van der Waals surface area (Å²) in [7, 11) is 1.27. The van der Waals surface area contributed by atoms with Crippen LogP contribution in [0.3, 0.4) is 0 Å². The highest BCUT2D eigenvalue weighted by Gasteiger charge is 2.35. The minimum atomic E-state index is -1.75. The molecule has 0 amide bonds. The third-order valence-electron chi connectivity index (χ3n) is 3.95. The monoisotopic (exact) mass is 480 g/mol. The lowest BCUT2D eigenvalue weighted by molar-refractivity contribution is -0.136. The zero-order chi connectivity index (χ0) is 19.2. The van der Waals surface area contributed by atoms with E-state index in [1.165, 1.54) is 11.7 Å². The third kappa shape index (κ3) is 3.29. The van der Waals surface area contributed by atoms with Crippen LogP contribution < -0.4 is 5.73 Å². The van der Waals surface area contributed by atoms with Crippen LogP contribution in [0.25, 0.3) is 16.6 Å². The zero-order valence-corrected chi connectivity index (χ0v) is 17.2. The summed E-state index contributed by atoms with van der Waals surface area (Å²) in [6.07, 6.45) is -0.535. The fraction of sp³-hybridized carbons (Fsp3) is 0.250. The molecule has 3 rings (SSSR count). The molecule has 2 aromatic rings. The van der Waals surface area contributed by atoms with Crippen molar-refractivity contribution in [2.75, 3.05) is 13.7 Å². The van der Waals surface area contributed by atoms with Crippen molar-refractivity contribution in [1.29, 1.82) is 0 Å². The number of esters is 1. The first-order chi connectivity index (χ1) is 12.2. The number of ether oxygens (including phenoxy) is 2. The molecule has 1 heterocycles. The number of hydrogen-bond acceptors (Lipinski definition) is 5. The molecule has 1 aliphatic carbocycles. The van der Waals surface area contributed by atoms with E-state index in [1.807, 2.05) is 6.07 Å². The maximum atomic E-state index is 12.7. The standard InChI is InChI=1S/C16H12BrCl3N2O4/c1-25-14(23)8-5-7-11-9(17)3-2-4-10(11)22(13(7)12(8)21)15(24)26-6-16(18,19)20/h2-4H,5-6,21H2,1H3. The fourth-order valence-corrected chi connectivity index (χ4v) is 3.70. The number of aromatic nitrogens is 1. The van der Waals surface area contributed by atoms with Crippen molar-refractivity contribution < 1.29 is 19.1 Å². The number of benzene rings is 1. The van der Waals surface area contributed by atoms with Crippen molar-refractivity contribution >= 4 is 79.4 Å². The van der Waals surface area contributed by atoms with Crippen molar-refractivity contribution in [3.8, 4) is 0 Å². The summed E-state index contributed by atoms with van der Waals surface area (Å²) in [6.45, 7) is -0.438. The SMILES string of the molecule is COC(=O)C1=C(N)c2c(c3c(Br)cccc3n2C(=O)OCC(Cl)(Cl)Cl)C1. The van der Waals surface area contributed by atoms with Gasteiger partial charge in [-0.1, -0.05) is 56.8 Å². The van der Waals surface area contributed by atoms with Gasteiger partial charge >= 0.3 is 12.1 Å². The molecule has 0 radical (unpaired) electrons. The molecule has 0 fully saturated rings. The summed E-state index contributed by atoms with van der Waals surface area (Å²) >= 11 is 20.4. The van der Waals surface area contributed by atoms with E-state index in [-0.39, 0.29) is 17.7 Å². The molecule has 2 N–H and O–H groups in total. The molecule has 0 spiro atoms. The van der Waals surface area contributed by atoms with E-state index >= 15 is 0 Å². The van der Waals surface area contributed by atoms with Crippen LogP contribution in [-0.4, -0.2) is 34.1 Å². The van der Waals surface area contributed by atoms with Gasteiger partial charge in [0.25, 0.3) is 0 Å². The predicted molar refractivity (Wildman–Crippen MR) is 104 cm³/mol. The van der Waals surface area contributed by atoms with E-state index in [4.69, 9.17) is 50.0 Å². The number of methoxy groups -OCH3 is 1. The fourth-order valence-electron chi connectivity index (χ4n) is 2.94. The van der Waals surface area contributed by atoms with Gasteiger partial charge in [0.2, 0.25) is 3.79 Å². The number of nitrogens with two attached hydrogens (primary N) is 1. The van der Waals surface area contributed by atoms with Crippen molar-refractivity contribution in [3.05, 3.63) is 39.5 Å². The normalized spacial score (nSPS) is 13.9. The molecule has 1 aromatic heterocycles. The Morgan fingerprint density at radius 2 is 2.04 bits per heavy atom. The van der Waals surface area contributed by atoms with Crippen molar-refractivity contribution in [2.24, 2.45) is 5.73 Å². The minimum Gasteiger partial charge on any atom is -0.466 e. The Morgan fingerprint density at radius 3 is 2.65 bits per heavy atom. The topological polar surface area (TPSA) is 83.5 Å². The Hall–Kier alpha value is -1.41. The first-order valence-corrected chi connectivity index (χ1v) is 9.21. The van der Waals surface area contributed by atoms with Gasteiger partial charge in [0.15, 0.2) is 0 Å². The number of carbonyl (C=O) groups excluding carboxylic acids is 2. The second-order valence-electron chi connectivity index (χ2n) is 5.53. The lowest BCUT2D eigenvalue weighted by Gasteiger charge is -2.14. The molecule has 0 saturated heterocycles. The highest BCUT2D eigenvalue weighted by Crippen LogP contribution is 2.41. The molecule has 10 heteroatoms. The molecule has 1 aliphatic rings. The number of nitrogens with zero attached hydrogens (tertiary/aromatic N) is 1. The van der Waals surface area contributed by atoms with E-state index in [2.05, 4.69) is 15.9 Å². The first-order valence-electron chi connectivity index (χ1n) is 7.28. The molecule has 1 aromatic carbocycles. The van der Waals surface area contributed by atoms with Crippen molar-refractivity contribution in [1.82, 2.24) is 4.57 Å². The van der Waals surface area contributed by atoms with Gasteiger partial charge in [-0.25, -0.2) is 14.2 Å². The second kappa shape index (κ2) is 6.96. The van der Waals surface area contributed by atoms with Gasteiger partial charge in [-0.15, -0.1) is 0 Å². The predicted octanol–water partition coefficient (Wildman–Crippen LogP) is 4.16. The molecule has 26 heavy (non-hydrogen) atoms. The van der Waals surface area contributed by atoms with Crippen LogP contribution in [-0.2, 0) is 20.7 Å². The van der Waals surface area contributed by atoms with Crippen molar-refractivity contribution in [2.45, 2.75) is 10.2 Å². The second-order valence-corrected chi connectivity index (χ2v) is 8.90. The van der Waals surface area contributed by atoms with Crippen LogP contribution >= 0.6 is 50.7 Å². The summed E-state index contributed by atoms with van der Waals surface area (Å²) in [5.74, 6) is -0.555. The quantitative estimate of drug-likeness (QED) is 0.514. The van der Waals surface area contributed by atoms with Gasteiger partial charge in [-0.05, 0) is 17.7 Å². The van der Waals surface area contributed by atoms with Crippen LogP contribution in [0.15, 0.2) is 28.2 Å². The average Bonchev–Trinajstić information content (AvgIpc) is 3.07. The number of carbonyl (C=O) groups is 2. The molecule has 6 nitrogen and oxygen atoms in total. The number of fused-ring (bicyclic) bond motifs is 3. The smallest absolute Gasteiger partial charge is 0.419 e. The highest BCUT2D eigenvalue weighted by molar-refractivity contribution is 9.10. The van der Waals surface area contributed by atoms with Gasteiger partial charge in [0, 0.05) is 16.3 Å². The van der Waals surface area contributed by atoms with E-state index in [9.17, 15) is 9.59 Å². The number of halogens is 4. The summed E-state index contributed by atoms with van der Waals surface area (Å²) in [4.78, 5) is 24.7. The molecule has 0 aliphatic heterocycles. The number of alkyl halides is 3. The first kappa shape index (κ1) is 19.4. The maximum absolute atomic E-state index is 12.7. The zero-order valence-electron chi connectivity index (χ0n) is 13.3. The van der Waals surface area contributed by atoms with Gasteiger partial charge in [0.1, 0.15) is 6.61 Å². The summed E-state index contributed by atoms with van der Waals surface area (Å²) < 4.78 is 10.2. The molecule has 138 valence electrons. The van der Waals surface area contributed by atoms with E-state index in [0.29, 0.717) is 11.2 Å². The van der Waals surface area contributed by atoms with Crippen molar-refractivity contribution in [3.63, 3.8) is 0 Å². The van der Waals surface area contributed by atoms with Gasteiger partial charge in [0.05, 0.1) is 29.6 Å². The maximum Gasteiger partial charge on any atom is 0.419 e.